The normalized spacial score (nSPS) is 11.2. The SMILES string of the molecule is O=C(Nc1nc(-c2ccc([N+](=O)[O-])cc2)cs1)/C(=C/c1ccccc1)c1ccccc1. The number of carbonyl (C=O) groups is 1. The Morgan fingerprint density at radius 1 is 0.935 bits per heavy atom. The van der Waals surface area contributed by atoms with Gasteiger partial charge in [0.2, 0.25) is 0 Å². The van der Waals surface area contributed by atoms with Gasteiger partial charge < -0.3 is 0 Å². The monoisotopic (exact) mass is 427 g/mol. The minimum Gasteiger partial charge on any atom is -0.298 e. The fraction of sp³-hybridized carbons (Fsp3) is 0. The van der Waals surface area contributed by atoms with Gasteiger partial charge in [0.1, 0.15) is 0 Å². The van der Waals surface area contributed by atoms with Crippen LogP contribution < -0.4 is 5.32 Å². The van der Waals surface area contributed by atoms with Crippen molar-refractivity contribution in [1.82, 2.24) is 4.98 Å². The number of benzene rings is 3. The number of nitrogens with zero attached hydrogens (tertiary/aromatic N) is 2. The maximum Gasteiger partial charge on any atom is 0.269 e. The van der Waals surface area contributed by atoms with E-state index >= 15 is 0 Å². The summed E-state index contributed by atoms with van der Waals surface area (Å²) < 4.78 is 0. The number of carbonyl (C=O) groups excluding carboxylic acids is 1. The summed E-state index contributed by atoms with van der Waals surface area (Å²) in [5.74, 6) is -0.264. The zero-order valence-electron chi connectivity index (χ0n) is 16.3. The molecule has 0 aliphatic rings. The molecule has 31 heavy (non-hydrogen) atoms. The van der Waals surface area contributed by atoms with Gasteiger partial charge in [-0.1, -0.05) is 60.7 Å². The highest BCUT2D eigenvalue weighted by molar-refractivity contribution is 7.14. The van der Waals surface area contributed by atoms with Crippen LogP contribution in [0.25, 0.3) is 22.9 Å². The summed E-state index contributed by atoms with van der Waals surface area (Å²) in [4.78, 5) is 27.9. The van der Waals surface area contributed by atoms with E-state index in [1.54, 1.807) is 17.5 Å². The van der Waals surface area contributed by atoms with Crippen molar-refractivity contribution in [2.24, 2.45) is 0 Å². The van der Waals surface area contributed by atoms with Crippen LogP contribution in [-0.4, -0.2) is 15.8 Å². The Kier molecular flexibility index (Phi) is 5.96. The van der Waals surface area contributed by atoms with E-state index in [0.717, 1.165) is 16.7 Å². The summed E-state index contributed by atoms with van der Waals surface area (Å²) in [5, 5.41) is 16.0. The Hall–Kier alpha value is -4.10. The summed E-state index contributed by atoms with van der Waals surface area (Å²) in [6, 6.07) is 25.2. The molecule has 1 amide bonds. The molecule has 0 atom stereocenters. The molecule has 152 valence electrons. The number of nitrogens with one attached hydrogen (secondary N) is 1. The lowest BCUT2D eigenvalue weighted by molar-refractivity contribution is -0.384. The molecule has 0 bridgehead atoms. The predicted molar refractivity (Wildman–Crippen MR) is 124 cm³/mol. The molecule has 0 saturated heterocycles. The fourth-order valence-corrected chi connectivity index (χ4v) is 3.71. The van der Waals surface area contributed by atoms with Crippen LogP contribution in [0.4, 0.5) is 10.8 Å². The van der Waals surface area contributed by atoms with Crippen LogP contribution >= 0.6 is 11.3 Å². The van der Waals surface area contributed by atoms with E-state index in [2.05, 4.69) is 10.3 Å². The average molecular weight is 427 g/mol. The fourth-order valence-electron chi connectivity index (χ4n) is 3.00. The van der Waals surface area contributed by atoms with E-state index in [1.165, 1.54) is 23.5 Å². The van der Waals surface area contributed by atoms with E-state index in [0.29, 0.717) is 16.4 Å². The van der Waals surface area contributed by atoms with Crippen LogP contribution in [0.5, 0.6) is 0 Å². The first-order chi connectivity index (χ1) is 15.1. The largest absolute Gasteiger partial charge is 0.298 e. The minimum absolute atomic E-state index is 0.0195. The van der Waals surface area contributed by atoms with Gasteiger partial charge in [0.15, 0.2) is 5.13 Å². The van der Waals surface area contributed by atoms with Crippen molar-refractivity contribution in [3.05, 3.63) is 112 Å². The van der Waals surface area contributed by atoms with E-state index < -0.39 is 4.92 Å². The lowest BCUT2D eigenvalue weighted by Gasteiger charge is -2.08. The number of nitro benzene ring substituents is 1. The number of amides is 1. The molecule has 7 heteroatoms. The highest BCUT2D eigenvalue weighted by Crippen LogP contribution is 2.28. The number of hydrogen-bond donors (Lipinski definition) is 1. The van der Waals surface area contributed by atoms with Crippen LogP contribution in [0.2, 0.25) is 0 Å². The number of rotatable bonds is 6. The minimum atomic E-state index is -0.444. The Morgan fingerprint density at radius 3 is 2.23 bits per heavy atom. The second kappa shape index (κ2) is 9.15. The highest BCUT2D eigenvalue weighted by Gasteiger charge is 2.15. The molecule has 0 aliphatic heterocycles. The second-order valence-electron chi connectivity index (χ2n) is 6.63. The van der Waals surface area contributed by atoms with Crippen molar-refractivity contribution in [3.8, 4) is 11.3 Å². The topological polar surface area (TPSA) is 85.1 Å². The quantitative estimate of drug-likeness (QED) is 0.180. The number of thiazole rings is 1. The lowest BCUT2D eigenvalue weighted by atomic mass is 10.0. The first-order valence-electron chi connectivity index (χ1n) is 9.44. The van der Waals surface area contributed by atoms with Crippen molar-refractivity contribution in [2.75, 3.05) is 5.32 Å². The second-order valence-corrected chi connectivity index (χ2v) is 7.49. The zero-order chi connectivity index (χ0) is 21.6. The molecule has 0 saturated carbocycles. The molecule has 1 N–H and O–H groups in total. The van der Waals surface area contributed by atoms with Crippen molar-refractivity contribution in [1.29, 1.82) is 0 Å². The van der Waals surface area contributed by atoms with E-state index in [9.17, 15) is 14.9 Å². The molecule has 0 fully saturated rings. The van der Waals surface area contributed by atoms with Crippen molar-refractivity contribution < 1.29 is 9.72 Å². The molecule has 4 aromatic rings. The smallest absolute Gasteiger partial charge is 0.269 e. The molecule has 6 nitrogen and oxygen atoms in total. The van der Waals surface area contributed by atoms with E-state index in [-0.39, 0.29) is 11.6 Å². The molecular formula is C24H17N3O3S. The molecular weight excluding hydrogens is 410 g/mol. The molecule has 4 rings (SSSR count). The summed E-state index contributed by atoms with van der Waals surface area (Å²) in [7, 11) is 0. The molecule has 1 aromatic heterocycles. The van der Waals surface area contributed by atoms with Gasteiger partial charge in [0.05, 0.1) is 10.6 Å². The van der Waals surface area contributed by atoms with Gasteiger partial charge in [-0.05, 0) is 29.3 Å². The van der Waals surface area contributed by atoms with Gasteiger partial charge in [-0.15, -0.1) is 11.3 Å². The van der Waals surface area contributed by atoms with Crippen LogP contribution in [0, 0.1) is 10.1 Å². The number of aromatic nitrogens is 1. The third-order valence-corrected chi connectivity index (χ3v) is 5.30. The summed E-state index contributed by atoms with van der Waals surface area (Å²) >= 11 is 1.30. The first-order valence-corrected chi connectivity index (χ1v) is 10.3. The van der Waals surface area contributed by atoms with Gasteiger partial charge in [0, 0.05) is 28.6 Å². The molecule has 0 radical (unpaired) electrons. The lowest BCUT2D eigenvalue weighted by Crippen LogP contribution is -2.13. The maximum atomic E-state index is 13.1. The van der Waals surface area contributed by atoms with Gasteiger partial charge >= 0.3 is 0 Å². The summed E-state index contributed by atoms with van der Waals surface area (Å²) in [5.41, 5.74) is 3.65. The van der Waals surface area contributed by atoms with Crippen molar-refractivity contribution in [2.45, 2.75) is 0 Å². The maximum absolute atomic E-state index is 13.1. The molecule has 0 spiro atoms. The molecule has 1 heterocycles. The summed E-state index contributed by atoms with van der Waals surface area (Å²) in [6.45, 7) is 0. The van der Waals surface area contributed by atoms with E-state index in [1.807, 2.05) is 66.7 Å². The van der Waals surface area contributed by atoms with Gasteiger partial charge in [-0.25, -0.2) is 4.98 Å². The third kappa shape index (κ3) is 4.91. The Labute approximate surface area is 182 Å². The average Bonchev–Trinajstić information content (AvgIpc) is 3.27. The van der Waals surface area contributed by atoms with Crippen molar-refractivity contribution in [3.63, 3.8) is 0 Å². The number of anilines is 1. The highest BCUT2D eigenvalue weighted by atomic mass is 32.1. The Bertz CT molecular complexity index is 1230. The Balaban J connectivity index is 1.58. The van der Waals surface area contributed by atoms with Crippen LogP contribution in [0.1, 0.15) is 11.1 Å². The summed E-state index contributed by atoms with van der Waals surface area (Å²) in [6.07, 6.45) is 1.84. The van der Waals surface area contributed by atoms with Crippen LogP contribution in [0.3, 0.4) is 0 Å². The van der Waals surface area contributed by atoms with E-state index in [4.69, 9.17) is 0 Å². The Morgan fingerprint density at radius 2 is 1.58 bits per heavy atom. The third-order valence-electron chi connectivity index (χ3n) is 4.54. The zero-order valence-corrected chi connectivity index (χ0v) is 17.1. The van der Waals surface area contributed by atoms with Gasteiger partial charge in [-0.3, -0.25) is 20.2 Å². The molecule has 0 aliphatic carbocycles. The number of nitro groups is 1. The van der Waals surface area contributed by atoms with Gasteiger partial charge in [0.25, 0.3) is 11.6 Å². The van der Waals surface area contributed by atoms with Crippen LogP contribution in [0.15, 0.2) is 90.3 Å². The standard InChI is InChI=1S/C24H17N3O3S/c28-23(21(18-9-5-2-6-10-18)15-17-7-3-1-4-8-17)26-24-25-22(16-31-24)19-11-13-20(14-12-19)27(29)30/h1-16H,(H,25,26,28)/b21-15+. The molecule has 0 unspecified atom stereocenters. The predicted octanol–water partition coefficient (Wildman–Crippen LogP) is 5.90. The first kappa shape index (κ1) is 20.2. The number of hydrogen-bond acceptors (Lipinski definition) is 5. The van der Waals surface area contributed by atoms with Crippen LogP contribution in [-0.2, 0) is 4.79 Å². The van der Waals surface area contributed by atoms with Crippen molar-refractivity contribution >= 4 is 39.7 Å². The molecule has 3 aromatic carbocycles. The number of non-ortho nitro benzene ring substituents is 1. The van der Waals surface area contributed by atoms with Gasteiger partial charge in [-0.2, -0.15) is 0 Å².